The molecule has 6 nitrogen and oxygen atoms in total. The second kappa shape index (κ2) is 5.46. The Kier molecular flexibility index (Phi) is 4.47. The first-order chi connectivity index (χ1) is 7.92. The molecule has 1 saturated heterocycles. The number of imide groups is 1. The minimum Gasteiger partial charge on any atom is -0.351 e. The summed E-state index contributed by atoms with van der Waals surface area (Å²) < 4.78 is 10.6. The van der Waals surface area contributed by atoms with Gasteiger partial charge in [0.25, 0.3) is 5.91 Å². The van der Waals surface area contributed by atoms with Crippen LogP contribution in [0.25, 0.3) is 0 Å². The molecular weight excluding hydrogens is 224 g/mol. The highest BCUT2D eigenvalue weighted by Gasteiger charge is 2.45. The van der Waals surface area contributed by atoms with Gasteiger partial charge in [-0.2, -0.15) is 0 Å². The summed E-state index contributed by atoms with van der Waals surface area (Å²) in [5.41, 5.74) is -0.847. The molecule has 0 bridgehead atoms. The van der Waals surface area contributed by atoms with Gasteiger partial charge in [-0.15, -0.1) is 0 Å². The van der Waals surface area contributed by atoms with E-state index in [4.69, 9.17) is 9.47 Å². The van der Waals surface area contributed by atoms with E-state index in [1.54, 1.807) is 13.8 Å². The highest BCUT2D eigenvalue weighted by molar-refractivity contribution is 6.06. The number of carbonyl (C=O) groups excluding carboxylic acids is 2. The number of urea groups is 1. The smallest absolute Gasteiger partial charge is 0.325 e. The molecule has 0 aromatic rings. The van der Waals surface area contributed by atoms with Crippen molar-refractivity contribution in [3.8, 4) is 0 Å². The molecule has 1 heterocycles. The second-order valence-electron chi connectivity index (χ2n) is 4.31. The van der Waals surface area contributed by atoms with E-state index >= 15 is 0 Å². The largest absolute Gasteiger partial charge is 0.351 e. The van der Waals surface area contributed by atoms with E-state index in [0.717, 1.165) is 4.90 Å². The van der Waals surface area contributed by atoms with E-state index in [-0.39, 0.29) is 12.5 Å². The van der Waals surface area contributed by atoms with Crippen molar-refractivity contribution in [2.75, 3.05) is 19.8 Å². The van der Waals surface area contributed by atoms with Crippen molar-refractivity contribution in [1.82, 2.24) is 10.2 Å². The predicted molar refractivity (Wildman–Crippen MR) is 61.4 cm³/mol. The van der Waals surface area contributed by atoms with E-state index in [0.29, 0.717) is 13.2 Å². The number of rotatable bonds is 6. The Bertz CT molecular complexity index is 298. The maximum absolute atomic E-state index is 11.9. The van der Waals surface area contributed by atoms with Gasteiger partial charge in [-0.05, 0) is 27.7 Å². The fourth-order valence-corrected chi connectivity index (χ4v) is 1.66. The zero-order valence-electron chi connectivity index (χ0n) is 10.8. The molecule has 17 heavy (non-hydrogen) atoms. The van der Waals surface area contributed by atoms with Gasteiger partial charge >= 0.3 is 6.03 Å². The summed E-state index contributed by atoms with van der Waals surface area (Å²) in [6.45, 7) is 8.07. The van der Waals surface area contributed by atoms with Crippen molar-refractivity contribution in [2.45, 2.75) is 39.5 Å². The summed E-state index contributed by atoms with van der Waals surface area (Å²) in [5.74, 6) is -0.257. The third-order valence-corrected chi connectivity index (χ3v) is 2.48. The Morgan fingerprint density at radius 3 is 2.12 bits per heavy atom. The van der Waals surface area contributed by atoms with Gasteiger partial charge in [0.2, 0.25) is 0 Å². The standard InChI is InChI=1S/C11H20N2O4/c1-5-16-8(17-6-2)7-13-9(14)11(3,4)12-10(13)15/h8H,5-7H2,1-4H3,(H,12,15). The van der Waals surface area contributed by atoms with Gasteiger partial charge in [0.05, 0.1) is 6.54 Å². The van der Waals surface area contributed by atoms with Crippen molar-refractivity contribution in [3.63, 3.8) is 0 Å². The molecule has 1 rings (SSSR count). The van der Waals surface area contributed by atoms with Crippen molar-refractivity contribution >= 4 is 11.9 Å². The molecule has 0 saturated carbocycles. The fraction of sp³-hybridized carbons (Fsp3) is 0.818. The lowest BCUT2D eigenvalue weighted by molar-refractivity contribution is -0.153. The molecule has 0 aliphatic carbocycles. The SMILES string of the molecule is CCOC(CN1C(=O)NC(C)(C)C1=O)OCC. The number of hydrogen-bond acceptors (Lipinski definition) is 4. The first-order valence-corrected chi connectivity index (χ1v) is 5.79. The van der Waals surface area contributed by atoms with Crippen LogP contribution >= 0.6 is 0 Å². The average Bonchev–Trinajstić information content (AvgIpc) is 2.41. The van der Waals surface area contributed by atoms with Crippen LogP contribution in [0, 0.1) is 0 Å². The lowest BCUT2D eigenvalue weighted by Gasteiger charge is -2.22. The molecular formula is C11H20N2O4. The highest BCUT2D eigenvalue weighted by Crippen LogP contribution is 2.17. The Morgan fingerprint density at radius 2 is 1.76 bits per heavy atom. The van der Waals surface area contributed by atoms with Crippen LogP contribution in [0.1, 0.15) is 27.7 Å². The molecule has 0 radical (unpaired) electrons. The average molecular weight is 244 g/mol. The van der Waals surface area contributed by atoms with E-state index < -0.39 is 17.9 Å². The third-order valence-electron chi connectivity index (χ3n) is 2.48. The maximum Gasteiger partial charge on any atom is 0.325 e. The number of amides is 3. The Hall–Kier alpha value is -1.14. The van der Waals surface area contributed by atoms with Crippen molar-refractivity contribution in [2.24, 2.45) is 0 Å². The Labute approximate surface area is 101 Å². The number of ether oxygens (including phenoxy) is 2. The normalized spacial score (nSPS) is 19.0. The van der Waals surface area contributed by atoms with Crippen LogP contribution in [-0.2, 0) is 14.3 Å². The first-order valence-electron chi connectivity index (χ1n) is 5.79. The van der Waals surface area contributed by atoms with Crippen LogP contribution in [0.4, 0.5) is 4.79 Å². The third kappa shape index (κ3) is 3.17. The molecule has 1 N–H and O–H groups in total. The van der Waals surface area contributed by atoms with Crippen LogP contribution in [0.15, 0.2) is 0 Å². The van der Waals surface area contributed by atoms with E-state index in [1.165, 1.54) is 0 Å². The Morgan fingerprint density at radius 1 is 1.24 bits per heavy atom. The summed E-state index contributed by atoms with van der Waals surface area (Å²) in [6.07, 6.45) is -0.561. The predicted octanol–water partition coefficient (Wildman–Crippen LogP) is 0.716. The molecule has 0 atom stereocenters. The minimum atomic E-state index is -0.847. The van der Waals surface area contributed by atoms with Crippen LogP contribution in [0.5, 0.6) is 0 Å². The number of nitrogens with one attached hydrogen (secondary N) is 1. The number of hydrogen-bond donors (Lipinski definition) is 1. The molecule has 0 aromatic carbocycles. The molecule has 1 aliphatic heterocycles. The minimum absolute atomic E-state index is 0.121. The van der Waals surface area contributed by atoms with Crippen molar-refractivity contribution < 1.29 is 19.1 Å². The van der Waals surface area contributed by atoms with Crippen LogP contribution < -0.4 is 5.32 Å². The van der Waals surface area contributed by atoms with Gasteiger partial charge in [0.15, 0.2) is 6.29 Å². The molecule has 3 amide bonds. The van der Waals surface area contributed by atoms with E-state index in [2.05, 4.69) is 5.32 Å². The lowest BCUT2D eigenvalue weighted by atomic mass is 10.1. The fourth-order valence-electron chi connectivity index (χ4n) is 1.66. The van der Waals surface area contributed by atoms with Crippen molar-refractivity contribution in [1.29, 1.82) is 0 Å². The molecule has 0 spiro atoms. The van der Waals surface area contributed by atoms with Crippen LogP contribution in [0.2, 0.25) is 0 Å². The molecule has 1 fully saturated rings. The van der Waals surface area contributed by atoms with Gasteiger partial charge in [0.1, 0.15) is 5.54 Å². The molecule has 1 aliphatic rings. The molecule has 0 unspecified atom stereocenters. The summed E-state index contributed by atoms with van der Waals surface area (Å²) in [5, 5.41) is 2.61. The highest BCUT2D eigenvalue weighted by atomic mass is 16.7. The van der Waals surface area contributed by atoms with E-state index in [1.807, 2.05) is 13.8 Å². The summed E-state index contributed by atoms with van der Waals surface area (Å²) >= 11 is 0. The van der Waals surface area contributed by atoms with Gasteiger partial charge in [-0.25, -0.2) is 4.79 Å². The van der Waals surface area contributed by atoms with Gasteiger partial charge in [0, 0.05) is 13.2 Å². The molecule has 6 heteroatoms. The number of carbonyl (C=O) groups is 2. The zero-order valence-corrected chi connectivity index (χ0v) is 10.8. The topological polar surface area (TPSA) is 67.9 Å². The van der Waals surface area contributed by atoms with Crippen LogP contribution in [-0.4, -0.2) is 48.4 Å². The lowest BCUT2D eigenvalue weighted by Crippen LogP contribution is -2.42. The zero-order chi connectivity index (χ0) is 13.1. The first kappa shape index (κ1) is 13.9. The monoisotopic (exact) mass is 244 g/mol. The molecule has 0 aromatic heterocycles. The van der Waals surface area contributed by atoms with Crippen LogP contribution in [0.3, 0.4) is 0 Å². The van der Waals surface area contributed by atoms with Crippen molar-refractivity contribution in [3.05, 3.63) is 0 Å². The second-order valence-corrected chi connectivity index (χ2v) is 4.31. The van der Waals surface area contributed by atoms with E-state index in [9.17, 15) is 9.59 Å². The Balaban J connectivity index is 2.66. The summed E-state index contributed by atoms with van der Waals surface area (Å²) in [6, 6.07) is -0.399. The quantitative estimate of drug-likeness (QED) is 0.552. The number of nitrogens with zero attached hydrogens (tertiary/aromatic N) is 1. The van der Waals surface area contributed by atoms with Gasteiger partial charge < -0.3 is 14.8 Å². The summed E-state index contributed by atoms with van der Waals surface area (Å²) in [4.78, 5) is 24.7. The van der Waals surface area contributed by atoms with Gasteiger partial charge in [-0.3, -0.25) is 9.69 Å². The maximum atomic E-state index is 11.9. The summed E-state index contributed by atoms with van der Waals surface area (Å²) in [7, 11) is 0. The van der Waals surface area contributed by atoms with Gasteiger partial charge in [-0.1, -0.05) is 0 Å². The molecule has 98 valence electrons.